The number of nitrogens with zero attached hydrogens (tertiary/aromatic N) is 1. The molecule has 0 amide bonds. The summed E-state index contributed by atoms with van der Waals surface area (Å²) in [6, 6.07) is 29.1. The molecule has 33 heavy (non-hydrogen) atoms. The lowest BCUT2D eigenvalue weighted by Gasteiger charge is -2.48. The second-order valence-electron chi connectivity index (χ2n) is 9.26. The molecule has 1 aliphatic heterocycles. The van der Waals surface area contributed by atoms with E-state index in [1.54, 1.807) is 0 Å². The topological polar surface area (TPSA) is 49.4 Å². The minimum atomic E-state index is -0.736. The van der Waals surface area contributed by atoms with Crippen LogP contribution in [0.15, 0.2) is 91.0 Å². The lowest BCUT2D eigenvalue weighted by atomic mass is 9.58. The molecule has 1 N–H and O–H groups in total. The highest BCUT2D eigenvalue weighted by atomic mass is 16.1. The molecule has 1 heterocycles. The molecule has 1 saturated heterocycles. The van der Waals surface area contributed by atoms with Gasteiger partial charge in [0, 0.05) is 36.1 Å². The number of carbonyl (C=O) groups excluding carboxylic acids is 2. The van der Waals surface area contributed by atoms with Gasteiger partial charge in [-0.15, -0.1) is 0 Å². The van der Waals surface area contributed by atoms with Gasteiger partial charge < -0.3 is 10.2 Å². The molecule has 0 aliphatic carbocycles. The first-order valence-corrected chi connectivity index (χ1v) is 11.6. The Morgan fingerprint density at radius 1 is 0.848 bits per heavy atom. The van der Waals surface area contributed by atoms with E-state index in [1.807, 2.05) is 93.0 Å². The van der Waals surface area contributed by atoms with E-state index in [0.29, 0.717) is 30.6 Å². The monoisotopic (exact) mass is 440 g/mol. The second-order valence-corrected chi connectivity index (χ2v) is 9.26. The van der Waals surface area contributed by atoms with E-state index in [2.05, 4.69) is 22.3 Å². The van der Waals surface area contributed by atoms with Gasteiger partial charge in [0.1, 0.15) is 0 Å². The van der Waals surface area contributed by atoms with E-state index < -0.39 is 5.41 Å². The van der Waals surface area contributed by atoms with E-state index in [9.17, 15) is 9.59 Å². The zero-order valence-corrected chi connectivity index (χ0v) is 19.4. The zero-order valence-electron chi connectivity index (χ0n) is 19.4. The van der Waals surface area contributed by atoms with Gasteiger partial charge in [0.25, 0.3) is 0 Å². The Hall–Kier alpha value is -3.08. The van der Waals surface area contributed by atoms with E-state index in [-0.39, 0.29) is 23.4 Å². The van der Waals surface area contributed by atoms with Crippen molar-refractivity contribution in [2.24, 2.45) is 11.3 Å². The number of Topliss-reactive ketones (excluding diaryl/α,β-unsaturated/α-hetero) is 2. The van der Waals surface area contributed by atoms with Crippen LogP contribution >= 0.6 is 0 Å². The highest BCUT2D eigenvalue weighted by Crippen LogP contribution is 2.49. The second kappa shape index (κ2) is 10.2. The van der Waals surface area contributed by atoms with Crippen LogP contribution in [0.1, 0.15) is 38.6 Å². The smallest absolute Gasteiger partial charge is 0.170 e. The molecule has 0 radical (unpaired) electrons. The summed E-state index contributed by atoms with van der Waals surface area (Å²) >= 11 is 0. The SMILES string of the molecule is CN(C)CC[C@@]1(C(=O)c2ccccc2)CNC[C@H](C(=O)c2ccccc2)[C@@H]1c1ccccc1. The molecule has 4 rings (SSSR count). The van der Waals surface area contributed by atoms with Crippen molar-refractivity contribution in [3.05, 3.63) is 108 Å². The summed E-state index contributed by atoms with van der Waals surface area (Å²) in [6.45, 7) is 1.86. The summed E-state index contributed by atoms with van der Waals surface area (Å²) in [5, 5.41) is 3.49. The van der Waals surface area contributed by atoms with Gasteiger partial charge in [-0.25, -0.2) is 0 Å². The number of rotatable bonds is 8. The lowest BCUT2D eigenvalue weighted by Crippen LogP contribution is -2.57. The predicted octanol–water partition coefficient (Wildman–Crippen LogP) is 4.69. The molecule has 0 saturated carbocycles. The van der Waals surface area contributed by atoms with E-state index in [4.69, 9.17) is 0 Å². The molecule has 1 aliphatic rings. The number of hydrogen-bond acceptors (Lipinski definition) is 4. The molecule has 170 valence electrons. The van der Waals surface area contributed by atoms with Crippen molar-refractivity contribution in [3.8, 4) is 0 Å². The standard InChI is InChI=1S/C29H32N2O2/c1-31(2)19-18-29(28(33)24-16-10-5-11-17-24)21-30-20-25(26(29)22-12-6-3-7-13-22)27(32)23-14-8-4-9-15-23/h3-17,25-26,30H,18-21H2,1-2H3/t25-,26-,29+/m0/s1. The van der Waals surface area contributed by atoms with Gasteiger partial charge in [-0.3, -0.25) is 9.59 Å². The molecule has 3 aromatic rings. The number of benzene rings is 3. The highest BCUT2D eigenvalue weighted by Gasteiger charge is 2.53. The third-order valence-electron chi connectivity index (χ3n) is 6.85. The number of carbonyl (C=O) groups is 2. The van der Waals surface area contributed by atoms with Crippen LogP contribution in [0.2, 0.25) is 0 Å². The van der Waals surface area contributed by atoms with Crippen LogP contribution in [0.4, 0.5) is 0 Å². The summed E-state index contributed by atoms with van der Waals surface area (Å²) < 4.78 is 0. The Bertz CT molecular complexity index is 1070. The quantitative estimate of drug-likeness (QED) is 0.516. The van der Waals surface area contributed by atoms with Crippen LogP contribution in [-0.4, -0.2) is 50.2 Å². The highest BCUT2D eigenvalue weighted by molar-refractivity contribution is 6.04. The van der Waals surface area contributed by atoms with Crippen molar-refractivity contribution in [2.75, 3.05) is 33.7 Å². The summed E-state index contributed by atoms with van der Waals surface area (Å²) in [6.07, 6.45) is 0.666. The van der Waals surface area contributed by atoms with Gasteiger partial charge >= 0.3 is 0 Å². The van der Waals surface area contributed by atoms with Gasteiger partial charge in [-0.2, -0.15) is 0 Å². The average Bonchev–Trinajstić information content (AvgIpc) is 2.87. The molecule has 1 fully saturated rings. The number of ketones is 2. The van der Waals surface area contributed by atoms with Crippen molar-refractivity contribution in [1.29, 1.82) is 0 Å². The van der Waals surface area contributed by atoms with E-state index >= 15 is 0 Å². The van der Waals surface area contributed by atoms with Gasteiger partial charge in [0.15, 0.2) is 11.6 Å². The fourth-order valence-electron chi connectivity index (χ4n) is 5.21. The first kappa shape index (κ1) is 23.1. The Kier molecular flexibility index (Phi) is 7.17. The maximum absolute atomic E-state index is 14.3. The summed E-state index contributed by atoms with van der Waals surface area (Å²) in [5.74, 6) is -0.359. The van der Waals surface area contributed by atoms with Gasteiger partial charge in [0.05, 0.1) is 5.41 Å². The maximum Gasteiger partial charge on any atom is 0.170 e. The molecule has 0 unspecified atom stereocenters. The van der Waals surface area contributed by atoms with Gasteiger partial charge in [-0.05, 0) is 32.6 Å². The fraction of sp³-hybridized carbons (Fsp3) is 0.310. The molecule has 0 aromatic heterocycles. The Labute approximate surface area is 196 Å². The Balaban J connectivity index is 1.86. The molecule has 0 bridgehead atoms. The van der Waals surface area contributed by atoms with E-state index in [0.717, 1.165) is 12.1 Å². The van der Waals surface area contributed by atoms with Crippen LogP contribution in [0.5, 0.6) is 0 Å². The predicted molar refractivity (Wildman–Crippen MR) is 133 cm³/mol. The zero-order chi connectivity index (χ0) is 23.3. The molecule has 4 nitrogen and oxygen atoms in total. The van der Waals surface area contributed by atoms with Crippen molar-refractivity contribution in [1.82, 2.24) is 10.2 Å². The number of nitrogens with one attached hydrogen (secondary N) is 1. The number of hydrogen-bond donors (Lipinski definition) is 1. The average molecular weight is 441 g/mol. The number of piperidine rings is 1. The van der Waals surface area contributed by atoms with Crippen molar-refractivity contribution >= 4 is 11.6 Å². The maximum atomic E-state index is 14.3. The van der Waals surface area contributed by atoms with Crippen molar-refractivity contribution in [3.63, 3.8) is 0 Å². The molecular formula is C29H32N2O2. The minimum absolute atomic E-state index is 0.0896. The molecular weight excluding hydrogens is 408 g/mol. The summed E-state index contributed by atoms with van der Waals surface area (Å²) in [7, 11) is 4.06. The molecule has 3 aromatic carbocycles. The van der Waals surface area contributed by atoms with Crippen molar-refractivity contribution < 1.29 is 9.59 Å². The first-order valence-electron chi connectivity index (χ1n) is 11.6. The van der Waals surface area contributed by atoms with Crippen LogP contribution in [0, 0.1) is 11.3 Å². The van der Waals surface area contributed by atoms with Crippen LogP contribution < -0.4 is 5.32 Å². The largest absolute Gasteiger partial charge is 0.315 e. The normalized spacial score (nSPS) is 22.8. The molecule has 3 atom stereocenters. The van der Waals surface area contributed by atoms with Gasteiger partial charge in [-0.1, -0.05) is 91.0 Å². The third-order valence-corrected chi connectivity index (χ3v) is 6.85. The van der Waals surface area contributed by atoms with Crippen LogP contribution in [0.3, 0.4) is 0 Å². The van der Waals surface area contributed by atoms with Crippen molar-refractivity contribution in [2.45, 2.75) is 12.3 Å². The lowest BCUT2D eigenvalue weighted by molar-refractivity contribution is 0.0506. The van der Waals surface area contributed by atoms with Gasteiger partial charge in [0.2, 0.25) is 0 Å². The molecule has 4 heteroatoms. The Morgan fingerprint density at radius 2 is 1.39 bits per heavy atom. The Morgan fingerprint density at radius 3 is 1.97 bits per heavy atom. The minimum Gasteiger partial charge on any atom is -0.315 e. The third kappa shape index (κ3) is 4.82. The summed E-state index contributed by atoms with van der Waals surface area (Å²) in [5.41, 5.74) is 1.71. The van der Waals surface area contributed by atoms with Crippen LogP contribution in [-0.2, 0) is 0 Å². The fourth-order valence-corrected chi connectivity index (χ4v) is 5.21. The summed E-state index contributed by atoms with van der Waals surface area (Å²) in [4.78, 5) is 30.2. The first-order chi connectivity index (χ1) is 16.0. The van der Waals surface area contributed by atoms with Crippen LogP contribution in [0.25, 0.3) is 0 Å². The van der Waals surface area contributed by atoms with E-state index in [1.165, 1.54) is 0 Å². The molecule has 0 spiro atoms.